The molecule has 0 radical (unpaired) electrons. The molecule has 0 aromatic heterocycles. The smallest absolute Gasteiger partial charge is 0.405 e. The molecular weight excluding hydrogens is 392 g/mol. The summed E-state index contributed by atoms with van der Waals surface area (Å²) in [6.07, 6.45) is 0.307. The van der Waals surface area contributed by atoms with Crippen molar-refractivity contribution >= 4 is 30.1 Å². The van der Waals surface area contributed by atoms with Crippen molar-refractivity contribution in [1.82, 2.24) is 21.3 Å². The molecular formula is C20H34N4O6. The van der Waals surface area contributed by atoms with E-state index in [-0.39, 0.29) is 36.0 Å². The minimum absolute atomic E-state index is 0.143. The Morgan fingerprint density at radius 2 is 1.80 bits per heavy atom. The summed E-state index contributed by atoms with van der Waals surface area (Å²) in [7, 11) is 0. The molecule has 0 saturated carbocycles. The standard InChI is InChI=1S/C20H34N4O6/c1-11(2)15(24-19(29)30)18(28)23-14(9-20(3,4)5)17(27)22-13(10-25)8-12-6-7-21-16(12)26/h10-15,24H,6-9H2,1-5H3,(H,21,26)(H,22,27)(H,23,28)(H,29,30)/t12-,13-,14-,15-/m0/s1. The first-order valence-corrected chi connectivity index (χ1v) is 10.2. The summed E-state index contributed by atoms with van der Waals surface area (Å²) in [6.45, 7) is 9.61. The highest BCUT2D eigenvalue weighted by molar-refractivity contribution is 5.92. The molecule has 0 aliphatic carbocycles. The summed E-state index contributed by atoms with van der Waals surface area (Å²) in [6, 6.07) is -2.85. The lowest BCUT2D eigenvalue weighted by Gasteiger charge is -2.29. The maximum absolute atomic E-state index is 12.9. The predicted octanol–water partition coefficient (Wildman–Crippen LogP) is 0.410. The Morgan fingerprint density at radius 3 is 2.23 bits per heavy atom. The summed E-state index contributed by atoms with van der Waals surface area (Å²) >= 11 is 0. The van der Waals surface area contributed by atoms with Gasteiger partial charge in [0, 0.05) is 12.5 Å². The van der Waals surface area contributed by atoms with Crippen LogP contribution >= 0.6 is 0 Å². The van der Waals surface area contributed by atoms with Crippen LogP contribution in [0.15, 0.2) is 0 Å². The average molecular weight is 427 g/mol. The minimum atomic E-state index is -1.34. The SMILES string of the molecule is CC(C)[C@H](NC(=O)O)C(=O)N[C@@H](CC(C)(C)C)C(=O)N[C@H](C=O)C[C@@H]1CCNC1=O. The summed E-state index contributed by atoms with van der Waals surface area (Å²) in [5.74, 6) is -1.99. The van der Waals surface area contributed by atoms with E-state index in [9.17, 15) is 24.0 Å². The molecule has 0 bridgehead atoms. The van der Waals surface area contributed by atoms with E-state index in [1.807, 2.05) is 20.8 Å². The van der Waals surface area contributed by atoms with Crippen LogP contribution < -0.4 is 21.3 Å². The zero-order valence-electron chi connectivity index (χ0n) is 18.3. The lowest BCUT2D eigenvalue weighted by Crippen LogP contribution is -2.57. The van der Waals surface area contributed by atoms with Crippen LogP contribution in [0.3, 0.4) is 0 Å². The van der Waals surface area contributed by atoms with Gasteiger partial charge in [0.15, 0.2) is 0 Å². The third-order valence-electron chi connectivity index (χ3n) is 4.87. The Labute approximate surface area is 176 Å². The van der Waals surface area contributed by atoms with Gasteiger partial charge in [0.2, 0.25) is 17.7 Å². The number of carboxylic acid groups (broad SMARTS) is 1. The molecule has 5 N–H and O–H groups in total. The topological polar surface area (TPSA) is 154 Å². The van der Waals surface area contributed by atoms with Gasteiger partial charge in [-0.15, -0.1) is 0 Å². The summed E-state index contributed by atoms with van der Waals surface area (Å²) in [4.78, 5) is 59.8. The quantitative estimate of drug-likeness (QED) is 0.319. The first kappa shape index (κ1) is 25.4. The van der Waals surface area contributed by atoms with E-state index in [2.05, 4.69) is 21.3 Å². The molecule has 0 aromatic rings. The Kier molecular flexibility index (Phi) is 9.25. The fourth-order valence-corrected chi connectivity index (χ4v) is 3.36. The lowest BCUT2D eigenvalue weighted by molar-refractivity contribution is -0.132. The number of rotatable bonds is 10. The lowest BCUT2D eigenvalue weighted by atomic mass is 9.87. The Bertz CT molecular complexity index is 658. The molecule has 1 aliphatic rings. The molecule has 170 valence electrons. The van der Waals surface area contributed by atoms with Gasteiger partial charge in [-0.3, -0.25) is 14.4 Å². The van der Waals surface area contributed by atoms with E-state index < -0.39 is 36.0 Å². The maximum atomic E-state index is 12.9. The first-order chi connectivity index (χ1) is 13.8. The Morgan fingerprint density at radius 1 is 1.17 bits per heavy atom. The van der Waals surface area contributed by atoms with Crippen molar-refractivity contribution in [1.29, 1.82) is 0 Å². The molecule has 0 spiro atoms. The second-order valence-corrected chi connectivity index (χ2v) is 9.26. The average Bonchev–Trinajstić information content (AvgIpc) is 3.01. The van der Waals surface area contributed by atoms with Crippen LogP contribution in [0, 0.1) is 17.3 Å². The van der Waals surface area contributed by atoms with E-state index in [1.54, 1.807) is 13.8 Å². The number of amides is 4. The van der Waals surface area contributed by atoms with Crippen molar-refractivity contribution in [3.63, 3.8) is 0 Å². The number of carbonyl (C=O) groups is 5. The fourth-order valence-electron chi connectivity index (χ4n) is 3.36. The highest BCUT2D eigenvalue weighted by Crippen LogP contribution is 2.22. The van der Waals surface area contributed by atoms with Crippen LogP contribution in [0.2, 0.25) is 0 Å². The summed E-state index contributed by atoms with van der Waals surface area (Å²) in [5, 5.41) is 19.1. The molecule has 1 fully saturated rings. The number of carbonyl (C=O) groups excluding carboxylic acids is 4. The molecule has 0 aromatic carbocycles. The van der Waals surface area contributed by atoms with Crippen LogP contribution in [0.1, 0.15) is 53.9 Å². The van der Waals surface area contributed by atoms with E-state index in [0.29, 0.717) is 19.3 Å². The minimum Gasteiger partial charge on any atom is -0.465 e. The molecule has 1 heterocycles. The Balaban J connectivity index is 2.90. The number of nitrogens with one attached hydrogen (secondary N) is 4. The highest BCUT2D eigenvalue weighted by atomic mass is 16.4. The van der Waals surface area contributed by atoms with Gasteiger partial charge in [0.1, 0.15) is 18.4 Å². The molecule has 1 rings (SSSR count). The molecule has 30 heavy (non-hydrogen) atoms. The Hall–Kier alpha value is -2.65. The van der Waals surface area contributed by atoms with Gasteiger partial charge in [0.05, 0.1) is 6.04 Å². The number of aldehydes is 1. The molecule has 1 aliphatic heterocycles. The molecule has 4 amide bonds. The third kappa shape index (κ3) is 8.38. The third-order valence-corrected chi connectivity index (χ3v) is 4.87. The van der Waals surface area contributed by atoms with Crippen LogP contribution in [-0.2, 0) is 19.2 Å². The van der Waals surface area contributed by atoms with E-state index in [4.69, 9.17) is 5.11 Å². The van der Waals surface area contributed by atoms with Crippen molar-refractivity contribution in [3.05, 3.63) is 0 Å². The molecule has 10 heteroatoms. The fraction of sp³-hybridized carbons (Fsp3) is 0.750. The predicted molar refractivity (Wildman–Crippen MR) is 110 cm³/mol. The number of hydrogen-bond donors (Lipinski definition) is 5. The van der Waals surface area contributed by atoms with Crippen LogP contribution in [0.4, 0.5) is 4.79 Å². The largest absolute Gasteiger partial charge is 0.465 e. The van der Waals surface area contributed by atoms with Gasteiger partial charge in [-0.2, -0.15) is 0 Å². The van der Waals surface area contributed by atoms with Crippen molar-refractivity contribution in [3.8, 4) is 0 Å². The summed E-state index contributed by atoms with van der Waals surface area (Å²) < 4.78 is 0. The monoisotopic (exact) mass is 426 g/mol. The van der Waals surface area contributed by atoms with Crippen molar-refractivity contribution in [2.24, 2.45) is 17.3 Å². The van der Waals surface area contributed by atoms with Crippen LogP contribution in [0.5, 0.6) is 0 Å². The zero-order chi connectivity index (χ0) is 23.1. The van der Waals surface area contributed by atoms with Gasteiger partial charge in [-0.1, -0.05) is 34.6 Å². The zero-order valence-corrected chi connectivity index (χ0v) is 18.3. The highest BCUT2D eigenvalue weighted by Gasteiger charge is 2.33. The van der Waals surface area contributed by atoms with Gasteiger partial charge in [0.25, 0.3) is 0 Å². The van der Waals surface area contributed by atoms with Crippen molar-refractivity contribution in [2.75, 3.05) is 6.54 Å². The molecule has 1 saturated heterocycles. The van der Waals surface area contributed by atoms with Gasteiger partial charge in [-0.05, 0) is 30.6 Å². The maximum Gasteiger partial charge on any atom is 0.405 e. The second-order valence-electron chi connectivity index (χ2n) is 9.26. The summed E-state index contributed by atoms with van der Waals surface area (Å²) in [5.41, 5.74) is -0.329. The molecule has 4 atom stereocenters. The van der Waals surface area contributed by atoms with Gasteiger partial charge >= 0.3 is 6.09 Å². The number of hydrogen-bond acceptors (Lipinski definition) is 5. The second kappa shape index (κ2) is 10.9. The first-order valence-electron chi connectivity index (χ1n) is 10.2. The molecule has 10 nitrogen and oxygen atoms in total. The van der Waals surface area contributed by atoms with Gasteiger partial charge in [-0.25, -0.2) is 4.79 Å². The van der Waals surface area contributed by atoms with Crippen molar-refractivity contribution in [2.45, 2.75) is 72.0 Å². The normalized spacial score (nSPS) is 19.4. The van der Waals surface area contributed by atoms with E-state index >= 15 is 0 Å². The van der Waals surface area contributed by atoms with Gasteiger partial charge < -0.3 is 31.2 Å². The van der Waals surface area contributed by atoms with Crippen molar-refractivity contribution < 1.29 is 29.1 Å². The van der Waals surface area contributed by atoms with E-state index in [0.717, 1.165) is 0 Å². The van der Waals surface area contributed by atoms with Crippen LogP contribution in [-0.4, -0.2) is 59.9 Å². The van der Waals surface area contributed by atoms with Crippen LogP contribution in [0.25, 0.3) is 0 Å². The van der Waals surface area contributed by atoms with E-state index in [1.165, 1.54) is 0 Å². The molecule has 0 unspecified atom stereocenters.